The summed E-state index contributed by atoms with van der Waals surface area (Å²) in [4.78, 5) is 53.1. The van der Waals surface area contributed by atoms with E-state index in [9.17, 15) is 39.6 Å². The lowest BCUT2D eigenvalue weighted by Gasteiger charge is -2.50. The lowest BCUT2D eigenvalue weighted by molar-refractivity contribution is -0.153. The Morgan fingerprint density at radius 2 is 1.56 bits per heavy atom. The maximum absolute atomic E-state index is 14.1. The first-order valence-corrected chi connectivity index (χ1v) is 13.6. The van der Waals surface area contributed by atoms with E-state index in [1.54, 1.807) is 50.5 Å². The van der Waals surface area contributed by atoms with Gasteiger partial charge in [0.25, 0.3) is 5.91 Å². The molecule has 0 heterocycles. The molecule has 0 aromatic heterocycles. The van der Waals surface area contributed by atoms with E-state index >= 15 is 0 Å². The number of rotatable bonds is 4. The third-order valence-electron chi connectivity index (χ3n) is 9.08. The van der Waals surface area contributed by atoms with Crippen LogP contribution in [-0.4, -0.2) is 74.4 Å². The number of benzene rings is 3. The number of aliphatic hydroxyl groups excluding tert-OH is 2. The molecule has 3 aromatic rings. The summed E-state index contributed by atoms with van der Waals surface area (Å²) in [7, 11) is 3.09. The van der Waals surface area contributed by atoms with Gasteiger partial charge in [0.05, 0.1) is 11.6 Å². The first kappa shape index (κ1) is 28.1. The van der Waals surface area contributed by atoms with Gasteiger partial charge in [0, 0.05) is 17.1 Å². The summed E-state index contributed by atoms with van der Waals surface area (Å²) in [6.45, 7) is 0. The topological polar surface area (TPSA) is 204 Å². The SMILES string of the molecule is CN(C)C1C(=O)C(C(N)=O)=C(O)C2(O)C(=O)C3=C(O)c4c(O)ccc(-c5ccc(C(N)=O)c6ccccc56)c4CC3CC12. The zero-order chi connectivity index (χ0) is 31.1. The molecule has 0 saturated heterocycles. The number of aliphatic hydroxyl groups is 3. The molecule has 8 N–H and O–H groups in total. The van der Waals surface area contributed by atoms with Gasteiger partial charge in [-0.25, -0.2) is 0 Å². The fourth-order valence-corrected chi connectivity index (χ4v) is 7.25. The Morgan fingerprint density at radius 1 is 0.907 bits per heavy atom. The van der Waals surface area contributed by atoms with Gasteiger partial charge in [-0.05, 0) is 72.5 Å². The molecule has 4 atom stereocenters. The summed E-state index contributed by atoms with van der Waals surface area (Å²) in [6, 6.07) is 12.4. The Morgan fingerprint density at radius 3 is 2.19 bits per heavy atom. The number of aromatic hydroxyl groups is 1. The molecule has 0 spiro atoms. The van der Waals surface area contributed by atoms with Crippen molar-refractivity contribution in [2.75, 3.05) is 14.1 Å². The van der Waals surface area contributed by atoms with Crippen molar-refractivity contribution in [2.24, 2.45) is 23.3 Å². The molecule has 4 unspecified atom stereocenters. The number of nitrogens with two attached hydrogens (primary N) is 2. The molecule has 1 saturated carbocycles. The van der Waals surface area contributed by atoms with Gasteiger partial charge in [0.1, 0.15) is 22.8 Å². The molecule has 6 rings (SSSR count). The van der Waals surface area contributed by atoms with Crippen LogP contribution in [0.2, 0.25) is 0 Å². The number of carbonyl (C=O) groups excluding carboxylic acids is 4. The van der Waals surface area contributed by atoms with E-state index in [1.807, 2.05) is 6.07 Å². The van der Waals surface area contributed by atoms with Gasteiger partial charge in [0.15, 0.2) is 11.4 Å². The summed E-state index contributed by atoms with van der Waals surface area (Å²) < 4.78 is 0. The Balaban J connectivity index is 1.59. The van der Waals surface area contributed by atoms with Gasteiger partial charge < -0.3 is 31.9 Å². The second kappa shape index (κ2) is 9.51. The fraction of sp³-hybridized carbons (Fsp3) is 0.250. The Kier molecular flexibility index (Phi) is 6.22. The highest BCUT2D eigenvalue weighted by molar-refractivity contribution is 6.24. The number of phenols is 1. The molecule has 2 amide bonds. The quantitative estimate of drug-likeness (QED) is 0.248. The van der Waals surface area contributed by atoms with Crippen molar-refractivity contribution < 1.29 is 39.6 Å². The highest BCUT2D eigenvalue weighted by Gasteiger charge is 2.64. The molecular formula is C32H29N3O8. The second-order valence-electron chi connectivity index (χ2n) is 11.5. The predicted octanol–water partition coefficient (Wildman–Crippen LogP) is 1.88. The van der Waals surface area contributed by atoms with Crippen LogP contribution >= 0.6 is 0 Å². The number of Topliss-reactive ketones (excluding diaryl/α,β-unsaturated/α-hetero) is 2. The summed E-state index contributed by atoms with van der Waals surface area (Å²) in [5.74, 6) is -7.70. The first-order valence-electron chi connectivity index (χ1n) is 13.6. The van der Waals surface area contributed by atoms with Crippen molar-refractivity contribution in [3.63, 3.8) is 0 Å². The van der Waals surface area contributed by atoms with Crippen molar-refractivity contribution in [1.29, 1.82) is 0 Å². The number of carbonyl (C=O) groups is 4. The van der Waals surface area contributed by atoms with E-state index in [0.717, 1.165) is 0 Å². The number of likely N-dealkylation sites (N-methyl/N-ethyl adjacent to an activating group) is 1. The molecule has 0 aliphatic heterocycles. The second-order valence-corrected chi connectivity index (χ2v) is 11.5. The number of primary amides is 2. The summed E-state index contributed by atoms with van der Waals surface area (Å²) >= 11 is 0. The number of hydrogen-bond donors (Lipinski definition) is 6. The van der Waals surface area contributed by atoms with Crippen LogP contribution in [0.5, 0.6) is 5.75 Å². The van der Waals surface area contributed by atoms with E-state index in [0.29, 0.717) is 33.0 Å². The molecule has 3 aromatic carbocycles. The van der Waals surface area contributed by atoms with Gasteiger partial charge in [-0.1, -0.05) is 36.4 Å². The van der Waals surface area contributed by atoms with E-state index in [-0.39, 0.29) is 29.7 Å². The van der Waals surface area contributed by atoms with E-state index in [4.69, 9.17) is 11.5 Å². The lowest BCUT2D eigenvalue weighted by atomic mass is 9.57. The van der Waals surface area contributed by atoms with Crippen LogP contribution in [0.4, 0.5) is 0 Å². The van der Waals surface area contributed by atoms with Gasteiger partial charge in [-0.2, -0.15) is 0 Å². The Labute approximate surface area is 245 Å². The Bertz CT molecular complexity index is 1870. The third kappa shape index (κ3) is 3.75. The fourth-order valence-electron chi connectivity index (χ4n) is 7.25. The number of hydrogen-bond acceptors (Lipinski definition) is 9. The van der Waals surface area contributed by atoms with Crippen LogP contribution in [0.15, 0.2) is 65.4 Å². The molecule has 3 aliphatic rings. The van der Waals surface area contributed by atoms with Gasteiger partial charge in [-0.3, -0.25) is 24.1 Å². The van der Waals surface area contributed by atoms with Gasteiger partial charge in [0.2, 0.25) is 11.7 Å². The molecule has 43 heavy (non-hydrogen) atoms. The van der Waals surface area contributed by atoms with Crippen LogP contribution in [0.1, 0.15) is 27.9 Å². The van der Waals surface area contributed by atoms with Crippen molar-refractivity contribution in [2.45, 2.75) is 24.5 Å². The normalized spacial score (nSPS) is 25.1. The van der Waals surface area contributed by atoms with Crippen LogP contribution in [0, 0.1) is 11.8 Å². The van der Waals surface area contributed by atoms with E-state index < -0.39 is 64.0 Å². The largest absolute Gasteiger partial charge is 0.508 e. The van der Waals surface area contributed by atoms with Gasteiger partial charge in [-0.15, -0.1) is 0 Å². The lowest BCUT2D eigenvalue weighted by Crippen LogP contribution is -2.65. The average Bonchev–Trinajstić information content (AvgIpc) is 2.94. The molecule has 220 valence electrons. The Hall–Kier alpha value is -5.00. The highest BCUT2D eigenvalue weighted by atomic mass is 16.3. The molecular weight excluding hydrogens is 554 g/mol. The third-order valence-corrected chi connectivity index (χ3v) is 9.08. The van der Waals surface area contributed by atoms with E-state index in [1.165, 1.54) is 11.0 Å². The zero-order valence-corrected chi connectivity index (χ0v) is 23.3. The van der Waals surface area contributed by atoms with E-state index in [2.05, 4.69) is 0 Å². The van der Waals surface area contributed by atoms with Crippen molar-refractivity contribution in [3.8, 4) is 16.9 Å². The maximum atomic E-state index is 14.1. The monoisotopic (exact) mass is 583 g/mol. The minimum atomic E-state index is -2.71. The molecule has 11 heteroatoms. The molecule has 11 nitrogen and oxygen atoms in total. The highest BCUT2D eigenvalue weighted by Crippen LogP contribution is 2.54. The molecule has 0 radical (unpaired) electrons. The summed E-state index contributed by atoms with van der Waals surface area (Å²) in [5, 5.41) is 46.6. The van der Waals surface area contributed by atoms with Gasteiger partial charge >= 0.3 is 0 Å². The zero-order valence-electron chi connectivity index (χ0n) is 23.3. The number of ketones is 2. The van der Waals surface area contributed by atoms with Crippen molar-refractivity contribution in [1.82, 2.24) is 4.90 Å². The first-order chi connectivity index (χ1) is 20.3. The van der Waals surface area contributed by atoms with Crippen LogP contribution < -0.4 is 11.5 Å². The number of fused-ring (bicyclic) bond motifs is 4. The molecule has 1 fully saturated rings. The minimum Gasteiger partial charge on any atom is -0.508 e. The molecule has 0 bridgehead atoms. The standard InChI is InChI=1S/C32H29N3O8/c1-35(2)25-20-12-13-11-19-17(16-7-8-18(30(33)41)15-6-4-3-5-14(15)16)9-10-21(36)23(19)26(37)22(13)28(39)32(20,43)29(40)24(27(25)38)31(34)42/h3-10,13,20,25,36-37,40,43H,11-12H2,1-2H3,(H2,33,41)(H2,34,42). The number of phenolic OH excluding ortho intramolecular Hbond substituents is 1. The summed E-state index contributed by atoms with van der Waals surface area (Å²) in [5.41, 5.74) is 9.33. The van der Waals surface area contributed by atoms with Crippen LogP contribution in [0.25, 0.3) is 27.7 Å². The predicted molar refractivity (Wildman–Crippen MR) is 156 cm³/mol. The average molecular weight is 584 g/mol. The van der Waals surface area contributed by atoms with Crippen molar-refractivity contribution in [3.05, 3.63) is 82.1 Å². The minimum absolute atomic E-state index is 0.0168. The maximum Gasteiger partial charge on any atom is 0.255 e. The number of nitrogens with zero attached hydrogens (tertiary/aromatic N) is 1. The van der Waals surface area contributed by atoms with Crippen LogP contribution in [0.3, 0.4) is 0 Å². The van der Waals surface area contributed by atoms with Crippen LogP contribution in [-0.2, 0) is 20.8 Å². The summed E-state index contributed by atoms with van der Waals surface area (Å²) in [6.07, 6.45) is 0.104. The smallest absolute Gasteiger partial charge is 0.255 e. The molecule has 3 aliphatic carbocycles. The van der Waals surface area contributed by atoms with Crippen molar-refractivity contribution >= 4 is 39.9 Å². The number of amides is 2.